The summed E-state index contributed by atoms with van der Waals surface area (Å²) in [5, 5.41) is 2.72. The van der Waals surface area contributed by atoms with Gasteiger partial charge in [0.25, 0.3) is 11.8 Å². The second-order valence-corrected chi connectivity index (χ2v) is 4.44. The lowest BCUT2D eigenvalue weighted by atomic mass is 10.1. The van der Waals surface area contributed by atoms with Gasteiger partial charge in [-0.25, -0.2) is 0 Å². The third-order valence-corrected chi connectivity index (χ3v) is 2.59. The fourth-order valence-corrected chi connectivity index (χ4v) is 1.73. The zero-order valence-electron chi connectivity index (χ0n) is 11.6. The van der Waals surface area contributed by atoms with Crippen LogP contribution in [0.15, 0.2) is 12.2 Å². The molecule has 18 heavy (non-hydrogen) atoms. The molecule has 1 N–H and O–H groups in total. The molecule has 0 aliphatic carbocycles. The minimum atomic E-state index is -0.257. The first-order chi connectivity index (χ1) is 9.04. The smallest absolute Gasteiger partial charge is 0.253 e. The van der Waals surface area contributed by atoms with Crippen LogP contribution in [0.3, 0.4) is 0 Å². The summed E-state index contributed by atoms with van der Waals surface area (Å²) in [7, 11) is 0. The number of nitrogens with one attached hydrogen (secondary N) is 1. The standard InChI is InChI=1S/C13H20N2O3/c1-10(2)14-11(16)6-4-3-5-9-15-12(17)7-8-13(15)18/h7-8,10H,3-6,9H2,1-2H3,(H,14,16)/i1D/t10-/m1/s1. The van der Waals surface area contributed by atoms with E-state index in [2.05, 4.69) is 5.32 Å². The topological polar surface area (TPSA) is 66.5 Å². The Bertz CT molecular complexity index is 364. The molecule has 0 radical (unpaired) electrons. The minimum Gasteiger partial charge on any atom is -0.354 e. The summed E-state index contributed by atoms with van der Waals surface area (Å²) in [4.78, 5) is 35.1. The predicted octanol–water partition coefficient (Wildman–Crippen LogP) is 0.996. The Balaban J connectivity index is 2.07. The number of carbonyl (C=O) groups is 3. The highest BCUT2D eigenvalue weighted by molar-refractivity contribution is 6.12. The lowest BCUT2D eigenvalue weighted by Crippen LogP contribution is -2.31. The first kappa shape index (κ1) is 12.8. The van der Waals surface area contributed by atoms with Crippen molar-refractivity contribution in [3.8, 4) is 0 Å². The van der Waals surface area contributed by atoms with E-state index in [-0.39, 0.29) is 30.7 Å². The minimum absolute atomic E-state index is 0.0465. The van der Waals surface area contributed by atoms with E-state index >= 15 is 0 Å². The molecule has 1 aliphatic rings. The average Bonchev–Trinajstić information content (AvgIpc) is 2.69. The van der Waals surface area contributed by atoms with Gasteiger partial charge in [-0.3, -0.25) is 19.3 Å². The van der Waals surface area contributed by atoms with Gasteiger partial charge < -0.3 is 5.32 Å². The van der Waals surface area contributed by atoms with Crippen LogP contribution < -0.4 is 5.32 Å². The van der Waals surface area contributed by atoms with Crippen LogP contribution in [0, 0.1) is 0 Å². The Morgan fingerprint density at radius 2 is 2.00 bits per heavy atom. The van der Waals surface area contributed by atoms with Crippen LogP contribution in [0.4, 0.5) is 0 Å². The molecule has 0 spiro atoms. The van der Waals surface area contributed by atoms with Crippen molar-refractivity contribution in [3.63, 3.8) is 0 Å². The maximum absolute atomic E-state index is 11.4. The summed E-state index contributed by atoms with van der Waals surface area (Å²) >= 11 is 0. The number of hydrogen-bond acceptors (Lipinski definition) is 3. The molecule has 0 saturated heterocycles. The summed E-state index contributed by atoms with van der Waals surface area (Å²) in [6.45, 7) is 2.38. The van der Waals surface area contributed by atoms with Crippen molar-refractivity contribution in [2.24, 2.45) is 0 Å². The quantitative estimate of drug-likeness (QED) is 0.543. The summed E-state index contributed by atoms with van der Waals surface area (Å²) in [6, 6.07) is -0.113. The van der Waals surface area contributed by atoms with E-state index in [1.807, 2.05) is 0 Å². The van der Waals surface area contributed by atoms with Crippen molar-refractivity contribution < 1.29 is 15.8 Å². The Labute approximate surface area is 109 Å². The van der Waals surface area contributed by atoms with Crippen molar-refractivity contribution in [1.82, 2.24) is 10.2 Å². The highest BCUT2D eigenvalue weighted by atomic mass is 16.2. The van der Waals surface area contributed by atoms with Crippen LogP contribution in [0.2, 0.25) is 0 Å². The Kier molecular flexibility index (Phi) is 4.93. The largest absolute Gasteiger partial charge is 0.354 e. The van der Waals surface area contributed by atoms with Gasteiger partial charge in [-0.1, -0.05) is 6.42 Å². The van der Waals surface area contributed by atoms with Gasteiger partial charge in [0, 0.05) is 32.5 Å². The number of nitrogens with zero attached hydrogens (tertiary/aromatic N) is 1. The van der Waals surface area contributed by atoms with E-state index in [1.54, 1.807) is 6.92 Å². The molecule has 0 fully saturated rings. The molecule has 5 heteroatoms. The molecule has 1 rings (SSSR count). The summed E-state index contributed by atoms with van der Waals surface area (Å²) in [5.41, 5.74) is 0. The summed E-state index contributed by atoms with van der Waals surface area (Å²) < 4.78 is 7.09. The zero-order chi connectivity index (χ0) is 14.3. The second kappa shape index (κ2) is 6.93. The van der Waals surface area contributed by atoms with Crippen LogP contribution in [0.25, 0.3) is 0 Å². The summed E-state index contributed by atoms with van der Waals surface area (Å²) in [5.74, 6) is -0.561. The average molecular weight is 253 g/mol. The molecule has 0 aromatic carbocycles. The van der Waals surface area contributed by atoms with Gasteiger partial charge >= 0.3 is 0 Å². The third-order valence-electron chi connectivity index (χ3n) is 2.59. The fraction of sp³-hybridized carbons (Fsp3) is 0.615. The SMILES string of the molecule is [2H]C[C@H](C)NC(=O)CCCCCN1C(=O)C=CC1=O. The molecule has 0 aromatic rings. The molecule has 1 aliphatic heterocycles. The number of amides is 3. The highest BCUT2D eigenvalue weighted by Crippen LogP contribution is 2.07. The van der Waals surface area contributed by atoms with Crippen LogP contribution in [-0.4, -0.2) is 35.2 Å². The molecular formula is C13H20N2O3. The maximum atomic E-state index is 11.4. The van der Waals surface area contributed by atoms with Crippen LogP contribution >= 0.6 is 0 Å². The van der Waals surface area contributed by atoms with Gasteiger partial charge in [-0.15, -0.1) is 0 Å². The number of rotatable bonds is 7. The van der Waals surface area contributed by atoms with Crippen LogP contribution in [0.5, 0.6) is 0 Å². The first-order valence-electron chi connectivity index (χ1n) is 6.87. The molecule has 0 saturated carbocycles. The lowest BCUT2D eigenvalue weighted by Gasteiger charge is -2.13. The van der Waals surface area contributed by atoms with Crippen molar-refractivity contribution in [2.75, 3.05) is 6.54 Å². The lowest BCUT2D eigenvalue weighted by molar-refractivity contribution is -0.137. The normalized spacial score (nSPS) is 16.9. The number of carbonyl (C=O) groups excluding carboxylic acids is 3. The van der Waals surface area contributed by atoms with E-state index in [4.69, 9.17) is 1.37 Å². The first-order valence-corrected chi connectivity index (χ1v) is 6.16. The monoisotopic (exact) mass is 253 g/mol. The van der Waals surface area contributed by atoms with E-state index < -0.39 is 0 Å². The van der Waals surface area contributed by atoms with E-state index in [0.717, 1.165) is 12.8 Å². The zero-order valence-corrected chi connectivity index (χ0v) is 10.6. The number of unbranched alkanes of at least 4 members (excludes halogenated alkanes) is 2. The Morgan fingerprint density at radius 3 is 2.61 bits per heavy atom. The predicted molar refractivity (Wildman–Crippen MR) is 67.6 cm³/mol. The molecular weight excluding hydrogens is 232 g/mol. The van der Waals surface area contributed by atoms with E-state index in [9.17, 15) is 14.4 Å². The molecule has 0 unspecified atom stereocenters. The van der Waals surface area contributed by atoms with Gasteiger partial charge in [-0.2, -0.15) is 0 Å². The Hall–Kier alpha value is -1.65. The van der Waals surface area contributed by atoms with Crippen molar-refractivity contribution in [3.05, 3.63) is 12.2 Å². The van der Waals surface area contributed by atoms with E-state index in [1.165, 1.54) is 17.1 Å². The van der Waals surface area contributed by atoms with Crippen LogP contribution in [-0.2, 0) is 14.4 Å². The Morgan fingerprint density at radius 1 is 1.33 bits per heavy atom. The van der Waals surface area contributed by atoms with Crippen LogP contribution in [0.1, 0.15) is 40.9 Å². The molecule has 1 atom stereocenters. The molecule has 0 aromatic heterocycles. The van der Waals surface area contributed by atoms with Crippen molar-refractivity contribution >= 4 is 17.7 Å². The number of imide groups is 1. The van der Waals surface area contributed by atoms with Gasteiger partial charge in [0.2, 0.25) is 5.91 Å². The molecule has 0 bridgehead atoms. The fourth-order valence-electron chi connectivity index (χ4n) is 1.73. The molecule has 5 nitrogen and oxygen atoms in total. The van der Waals surface area contributed by atoms with E-state index in [0.29, 0.717) is 19.4 Å². The van der Waals surface area contributed by atoms with Gasteiger partial charge in [0.15, 0.2) is 0 Å². The van der Waals surface area contributed by atoms with Gasteiger partial charge in [-0.05, 0) is 26.7 Å². The van der Waals surface area contributed by atoms with Gasteiger partial charge in [0.05, 0.1) is 0 Å². The van der Waals surface area contributed by atoms with Gasteiger partial charge in [0.1, 0.15) is 0 Å². The second-order valence-electron chi connectivity index (χ2n) is 4.44. The van der Waals surface area contributed by atoms with Crippen molar-refractivity contribution in [2.45, 2.75) is 45.5 Å². The molecule has 3 amide bonds. The maximum Gasteiger partial charge on any atom is 0.253 e. The summed E-state index contributed by atoms with van der Waals surface area (Å²) in [6.07, 6.45) is 5.20. The highest BCUT2D eigenvalue weighted by Gasteiger charge is 2.22. The third kappa shape index (κ3) is 4.69. The van der Waals surface area contributed by atoms with Crippen molar-refractivity contribution in [1.29, 1.82) is 0 Å². The molecule has 1 heterocycles. The molecule has 100 valence electrons. The number of hydrogen-bond donors (Lipinski definition) is 1.